The van der Waals surface area contributed by atoms with Crippen molar-refractivity contribution in [3.8, 4) is 22.0 Å². The van der Waals surface area contributed by atoms with Crippen molar-refractivity contribution in [1.82, 2.24) is 19.7 Å². The van der Waals surface area contributed by atoms with E-state index in [0.29, 0.717) is 6.42 Å². The molecule has 1 amide bonds. The molecule has 4 heterocycles. The summed E-state index contributed by atoms with van der Waals surface area (Å²) in [5, 5.41) is 10.6. The van der Waals surface area contributed by atoms with E-state index in [-0.39, 0.29) is 11.8 Å². The molecule has 0 spiro atoms. The van der Waals surface area contributed by atoms with Crippen LogP contribution >= 0.6 is 11.3 Å². The summed E-state index contributed by atoms with van der Waals surface area (Å²) in [6, 6.07) is 15.8. The maximum Gasteiger partial charge on any atom is 0.226 e. The number of aromatic nitrogens is 4. The van der Waals surface area contributed by atoms with Gasteiger partial charge in [-0.2, -0.15) is 5.10 Å². The third-order valence-electron chi connectivity index (χ3n) is 4.89. The molecule has 28 heavy (non-hydrogen) atoms. The number of nitrogens with one attached hydrogen (secondary N) is 1. The van der Waals surface area contributed by atoms with Gasteiger partial charge in [0, 0.05) is 42.1 Å². The van der Waals surface area contributed by atoms with E-state index in [1.165, 1.54) is 0 Å². The van der Waals surface area contributed by atoms with Gasteiger partial charge in [-0.3, -0.25) is 14.5 Å². The highest BCUT2D eigenvalue weighted by molar-refractivity contribution is 7.13. The van der Waals surface area contributed by atoms with E-state index < -0.39 is 0 Å². The Balaban J connectivity index is 1.63. The second-order valence-corrected chi connectivity index (χ2v) is 7.56. The predicted molar refractivity (Wildman–Crippen MR) is 109 cm³/mol. The zero-order valence-corrected chi connectivity index (χ0v) is 16.0. The number of carbonyl (C=O) groups is 1. The Kier molecular flexibility index (Phi) is 4.02. The van der Waals surface area contributed by atoms with Gasteiger partial charge in [-0.1, -0.05) is 36.4 Å². The highest BCUT2D eigenvalue weighted by Crippen LogP contribution is 2.43. The SMILES string of the molecule is Cn1nc(-c2ccccn2)c2c1NC(=O)C[C@@H]2c1csc(-c2ccccc2)n1. The Bertz CT molecular complexity index is 1150. The Morgan fingerprint density at radius 2 is 1.96 bits per heavy atom. The number of amides is 1. The van der Waals surface area contributed by atoms with E-state index >= 15 is 0 Å². The van der Waals surface area contributed by atoms with Crippen LogP contribution in [0.5, 0.6) is 0 Å². The molecule has 0 bridgehead atoms. The highest BCUT2D eigenvalue weighted by atomic mass is 32.1. The molecule has 3 aromatic heterocycles. The van der Waals surface area contributed by atoms with Gasteiger partial charge in [0.05, 0.1) is 11.4 Å². The predicted octanol–water partition coefficient (Wildman–Crippen LogP) is 4.08. The topological polar surface area (TPSA) is 72.7 Å². The van der Waals surface area contributed by atoms with Crippen LogP contribution in [0, 0.1) is 0 Å². The Morgan fingerprint density at radius 3 is 2.75 bits per heavy atom. The molecule has 4 aromatic rings. The number of rotatable bonds is 3. The number of hydrogen-bond donors (Lipinski definition) is 1. The molecule has 6 nitrogen and oxygen atoms in total. The molecule has 0 saturated heterocycles. The van der Waals surface area contributed by atoms with Crippen LogP contribution in [-0.2, 0) is 11.8 Å². The van der Waals surface area contributed by atoms with Gasteiger partial charge < -0.3 is 5.32 Å². The van der Waals surface area contributed by atoms with Gasteiger partial charge in [-0.05, 0) is 12.1 Å². The zero-order valence-electron chi connectivity index (χ0n) is 15.2. The van der Waals surface area contributed by atoms with Gasteiger partial charge in [0.2, 0.25) is 5.91 Å². The molecule has 5 rings (SSSR count). The minimum atomic E-state index is -0.150. The molecule has 0 fully saturated rings. The first kappa shape index (κ1) is 16.8. The molecule has 1 aliphatic heterocycles. The van der Waals surface area contributed by atoms with Crippen molar-refractivity contribution in [2.24, 2.45) is 7.05 Å². The summed E-state index contributed by atoms with van der Waals surface area (Å²) in [6.45, 7) is 0. The number of benzene rings is 1. The average Bonchev–Trinajstić information content (AvgIpc) is 3.35. The summed E-state index contributed by atoms with van der Waals surface area (Å²) >= 11 is 1.60. The number of fused-ring (bicyclic) bond motifs is 1. The Morgan fingerprint density at radius 1 is 1.14 bits per heavy atom. The van der Waals surface area contributed by atoms with Crippen molar-refractivity contribution in [1.29, 1.82) is 0 Å². The quantitative estimate of drug-likeness (QED) is 0.575. The van der Waals surface area contributed by atoms with Crippen molar-refractivity contribution in [2.45, 2.75) is 12.3 Å². The van der Waals surface area contributed by atoms with Crippen LogP contribution in [0.3, 0.4) is 0 Å². The largest absolute Gasteiger partial charge is 0.311 e. The summed E-state index contributed by atoms with van der Waals surface area (Å²) in [7, 11) is 1.84. The fourth-order valence-corrected chi connectivity index (χ4v) is 4.47. The number of carbonyl (C=O) groups excluding carboxylic acids is 1. The lowest BCUT2D eigenvalue weighted by molar-refractivity contribution is -0.116. The molecule has 138 valence electrons. The maximum absolute atomic E-state index is 12.4. The third-order valence-corrected chi connectivity index (χ3v) is 5.80. The molecule has 1 aromatic carbocycles. The summed E-state index contributed by atoms with van der Waals surface area (Å²) in [5.41, 5.74) is 4.53. The van der Waals surface area contributed by atoms with Crippen LogP contribution in [-0.4, -0.2) is 25.7 Å². The fraction of sp³-hybridized carbons (Fsp3) is 0.143. The second-order valence-electron chi connectivity index (χ2n) is 6.70. The monoisotopic (exact) mass is 387 g/mol. The molecule has 0 aliphatic carbocycles. The van der Waals surface area contributed by atoms with Crippen molar-refractivity contribution >= 4 is 23.1 Å². The minimum absolute atomic E-state index is 0.0256. The molecule has 1 atom stereocenters. The third kappa shape index (κ3) is 2.80. The highest BCUT2D eigenvalue weighted by Gasteiger charge is 2.35. The number of nitrogens with zero attached hydrogens (tertiary/aromatic N) is 4. The van der Waals surface area contributed by atoms with Crippen molar-refractivity contribution in [2.75, 3.05) is 5.32 Å². The second kappa shape index (κ2) is 6.69. The summed E-state index contributed by atoms with van der Waals surface area (Å²) in [6.07, 6.45) is 2.10. The van der Waals surface area contributed by atoms with Crippen molar-refractivity contribution in [3.63, 3.8) is 0 Å². The van der Waals surface area contributed by atoms with Gasteiger partial charge >= 0.3 is 0 Å². The minimum Gasteiger partial charge on any atom is -0.311 e. The zero-order chi connectivity index (χ0) is 19.1. The molecule has 1 N–H and O–H groups in total. The standard InChI is InChI=1S/C21H17N5OS/c1-26-20-18(19(25-26)15-9-5-6-10-22-15)14(11-17(27)24-20)16-12-28-21(23-16)13-7-3-2-4-8-13/h2-10,12,14H,11H2,1H3,(H,24,27)/t14-/m1/s1. The first-order valence-corrected chi connectivity index (χ1v) is 9.87. The lowest BCUT2D eigenvalue weighted by atomic mass is 9.88. The molecular weight excluding hydrogens is 370 g/mol. The molecule has 0 unspecified atom stereocenters. The molecule has 7 heteroatoms. The van der Waals surface area contributed by atoms with Crippen LogP contribution in [0.4, 0.5) is 5.82 Å². The first-order chi connectivity index (χ1) is 13.7. The van der Waals surface area contributed by atoms with E-state index in [9.17, 15) is 4.79 Å². The van der Waals surface area contributed by atoms with Crippen LogP contribution in [0.15, 0.2) is 60.1 Å². The fourth-order valence-electron chi connectivity index (χ4n) is 3.59. The molecule has 0 saturated carbocycles. The van der Waals surface area contributed by atoms with Crippen molar-refractivity contribution < 1.29 is 4.79 Å². The number of anilines is 1. The van der Waals surface area contributed by atoms with Gasteiger partial charge in [0.15, 0.2) is 0 Å². The number of aryl methyl sites for hydroxylation is 1. The van der Waals surface area contributed by atoms with Gasteiger partial charge in [-0.15, -0.1) is 11.3 Å². The molecule has 0 radical (unpaired) electrons. The lowest BCUT2D eigenvalue weighted by Gasteiger charge is -2.22. The number of pyridine rings is 1. The molecule has 1 aliphatic rings. The first-order valence-electron chi connectivity index (χ1n) is 8.99. The lowest BCUT2D eigenvalue weighted by Crippen LogP contribution is -2.24. The maximum atomic E-state index is 12.4. The summed E-state index contributed by atoms with van der Waals surface area (Å²) < 4.78 is 1.72. The van der Waals surface area contributed by atoms with E-state index in [4.69, 9.17) is 4.98 Å². The number of thiazole rings is 1. The van der Waals surface area contributed by atoms with Gasteiger partial charge in [-0.25, -0.2) is 4.98 Å². The van der Waals surface area contributed by atoms with Gasteiger partial charge in [0.1, 0.15) is 16.5 Å². The van der Waals surface area contributed by atoms with E-state index in [2.05, 4.69) is 15.4 Å². The normalized spacial score (nSPS) is 15.9. The van der Waals surface area contributed by atoms with E-state index in [1.54, 1.807) is 22.2 Å². The van der Waals surface area contributed by atoms with Crippen LogP contribution < -0.4 is 5.32 Å². The van der Waals surface area contributed by atoms with Crippen LogP contribution in [0.2, 0.25) is 0 Å². The van der Waals surface area contributed by atoms with Gasteiger partial charge in [0.25, 0.3) is 0 Å². The Hall–Kier alpha value is -3.32. The average molecular weight is 387 g/mol. The van der Waals surface area contributed by atoms with E-state index in [1.807, 2.05) is 61.0 Å². The smallest absolute Gasteiger partial charge is 0.226 e. The Labute approximate surface area is 165 Å². The summed E-state index contributed by atoms with van der Waals surface area (Å²) in [4.78, 5) is 21.7. The van der Waals surface area contributed by atoms with Crippen molar-refractivity contribution in [3.05, 3.63) is 71.4 Å². The number of hydrogen-bond acceptors (Lipinski definition) is 5. The van der Waals surface area contributed by atoms with Crippen LogP contribution in [0.1, 0.15) is 23.6 Å². The summed E-state index contributed by atoms with van der Waals surface area (Å²) in [5.74, 6) is 0.543. The van der Waals surface area contributed by atoms with Crippen LogP contribution in [0.25, 0.3) is 22.0 Å². The molecular formula is C21H17N5OS. The van der Waals surface area contributed by atoms with E-state index in [0.717, 1.165) is 39.0 Å².